The molecule has 1 N–H and O–H groups in total. The Bertz CT molecular complexity index is 941. The predicted octanol–water partition coefficient (Wildman–Crippen LogP) is 3.47. The van der Waals surface area contributed by atoms with E-state index in [1.165, 1.54) is 27.4 Å². The van der Waals surface area contributed by atoms with Gasteiger partial charge in [0.1, 0.15) is 5.56 Å². The summed E-state index contributed by atoms with van der Waals surface area (Å²) < 4.78 is 15.6. The summed E-state index contributed by atoms with van der Waals surface area (Å²) in [5.41, 5.74) is 0.899. The van der Waals surface area contributed by atoms with E-state index in [1.807, 2.05) is 18.2 Å². The molecule has 2 aromatic rings. The number of para-hydroxylation sites is 1. The molecule has 0 saturated carbocycles. The van der Waals surface area contributed by atoms with E-state index in [0.29, 0.717) is 12.2 Å². The highest BCUT2D eigenvalue weighted by Gasteiger charge is 2.32. The molecule has 160 valence electrons. The highest BCUT2D eigenvalue weighted by Crippen LogP contribution is 2.46. The Morgan fingerprint density at radius 1 is 1.10 bits per heavy atom. The third kappa shape index (κ3) is 4.30. The van der Waals surface area contributed by atoms with Gasteiger partial charge in [0.15, 0.2) is 5.75 Å². The number of nitrogens with zero attached hydrogens (tertiary/aromatic N) is 2. The number of rotatable bonds is 8. The van der Waals surface area contributed by atoms with Crippen LogP contribution in [0.3, 0.4) is 0 Å². The van der Waals surface area contributed by atoms with Crippen molar-refractivity contribution in [2.45, 2.75) is 19.4 Å². The van der Waals surface area contributed by atoms with E-state index in [9.17, 15) is 14.9 Å². The number of benzene rings is 2. The molecule has 3 rings (SSSR count). The average Bonchev–Trinajstić information content (AvgIpc) is 3.26. The minimum Gasteiger partial charge on any atom is -0.493 e. The largest absolute Gasteiger partial charge is 0.493 e. The number of carbonyl (C=O) groups excluding carboxylic acids is 1. The number of hydrogen-bond donors (Lipinski definition) is 1. The van der Waals surface area contributed by atoms with E-state index in [-0.39, 0.29) is 22.8 Å². The zero-order chi connectivity index (χ0) is 21.7. The van der Waals surface area contributed by atoms with E-state index in [2.05, 4.69) is 10.2 Å². The number of carbonyl (C=O) groups is 1. The minimum atomic E-state index is -0.661. The van der Waals surface area contributed by atoms with Gasteiger partial charge in [-0.2, -0.15) is 0 Å². The fourth-order valence-corrected chi connectivity index (χ4v) is 3.65. The summed E-state index contributed by atoms with van der Waals surface area (Å²) >= 11 is 0. The van der Waals surface area contributed by atoms with E-state index < -0.39 is 16.5 Å². The smallest absolute Gasteiger partial charge is 0.327 e. The minimum absolute atomic E-state index is 0.0534. The van der Waals surface area contributed by atoms with Gasteiger partial charge >= 0.3 is 5.69 Å². The Morgan fingerprint density at radius 2 is 1.77 bits per heavy atom. The van der Waals surface area contributed by atoms with Gasteiger partial charge in [-0.1, -0.05) is 18.2 Å². The van der Waals surface area contributed by atoms with Crippen LogP contribution in [0.5, 0.6) is 17.2 Å². The molecule has 0 aromatic heterocycles. The van der Waals surface area contributed by atoms with E-state index >= 15 is 0 Å². The highest BCUT2D eigenvalue weighted by molar-refractivity contribution is 6.09. The zero-order valence-electron chi connectivity index (χ0n) is 17.3. The van der Waals surface area contributed by atoms with Gasteiger partial charge in [0, 0.05) is 18.3 Å². The maximum atomic E-state index is 13.1. The highest BCUT2D eigenvalue weighted by atomic mass is 16.6. The topological polar surface area (TPSA) is 103 Å². The molecule has 0 atom stereocenters. The number of methoxy groups -OCH3 is 3. The summed E-state index contributed by atoms with van der Waals surface area (Å²) in [4.78, 5) is 26.5. The van der Waals surface area contributed by atoms with Crippen molar-refractivity contribution in [2.24, 2.45) is 0 Å². The molecule has 1 aliphatic rings. The second-order valence-electron chi connectivity index (χ2n) is 6.89. The number of nitro benzene ring substituents is 1. The molecular weight excluding hydrogens is 390 g/mol. The predicted molar refractivity (Wildman–Crippen MR) is 112 cm³/mol. The normalized spacial score (nSPS) is 13.7. The van der Waals surface area contributed by atoms with Gasteiger partial charge < -0.3 is 19.5 Å². The van der Waals surface area contributed by atoms with Gasteiger partial charge in [-0.05, 0) is 37.6 Å². The summed E-state index contributed by atoms with van der Waals surface area (Å²) in [6.45, 7) is 2.73. The van der Waals surface area contributed by atoms with Crippen molar-refractivity contribution in [1.82, 2.24) is 4.90 Å². The molecule has 30 heavy (non-hydrogen) atoms. The number of nitro groups is 1. The molecule has 1 amide bonds. The first kappa shape index (κ1) is 21.4. The second-order valence-corrected chi connectivity index (χ2v) is 6.89. The lowest BCUT2D eigenvalue weighted by Crippen LogP contribution is -2.21. The molecular formula is C21H25N3O6. The van der Waals surface area contributed by atoms with Gasteiger partial charge in [-0.15, -0.1) is 0 Å². The third-order valence-corrected chi connectivity index (χ3v) is 5.09. The first-order chi connectivity index (χ1) is 14.5. The van der Waals surface area contributed by atoms with Crippen LogP contribution in [0.1, 0.15) is 28.8 Å². The fourth-order valence-electron chi connectivity index (χ4n) is 3.65. The van der Waals surface area contributed by atoms with Gasteiger partial charge in [0.25, 0.3) is 5.91 Å². The molecule has 1 heterocycles. The van der Waals surface area contributed by atoms with E-state index in [0.717, 1.165) is 31.5 Å². The number of nitrogens with one attached hydrogen (secondary N) is 1. The lowest BCUT2D eigenvalue weighted by molar-refractivity contribution is -0.386. The number of amides is 1. The molecule has 2 aromatic carbocycles. The monoisotopic (exact) mass is 415 g/mol. The molecule has 1 fully saturated rings. The van der Waals surface area contributed by atoms with Crippen molar-refractivity contribution in [3.8, 4) is 17.2 Å². The quantitative estimate of drug-likeness (QED) is 0.520. The van der Waals surface area contributed by atoms with E-state index in [1.54, 1.807) is 6.07 Å². The molecule has 0 spiro atoms. The molecule has 1 aliphatic heterocycles. The van der Waals surface area contributed by atoms with Crippen LogP contribution in [0.15, 0.2) is 30.3 Å². The SMILES string of the molecule is COc1cc(C(=O)Nc2ccccc2CN2CCCC2)c([N+](=O)[O-])c(OC)c1OC. The summed E-state index contributed by atoms with van der Waals surface area (Å²) in [6.07, 6.45) is 2.32. The average molecular weight is 415 g/mol. The standard InChI is InChI=1S/C21H25N3O6/c1-28-17-12-15(18(24(26)27)20(30-3)19(17)29-2)21(25)22-16-9-5-4-8-14(16)13-23-10-6-7-11-23/h4-5,8-9,12H,6-7,10-11,13H2,1-3H3,(H,22,25). The Morgan fingerprint density at radius 3 is 2.37 bits per heavy atom. The van der Waals surface area contributed by atoms with Crippen LogP contribution in [0, 0.1) is 10.1 Å². The summed E-state index contributed by atoms with van der Waals surface area (Å²) in [5, 5.41) is 14.6. The van der Waals surface area contributed by atoms with Crippen LogP contribution < -0.4 is 19.5 Å². The Hall–Kier alpha value is -3.33. The first-order valence-corrected chi connectivity index (χ1v) is 9.59. The number of ether oxygens (including phenoxy) is 3. The summed E-state index contributed by atoms with van der Waals surface area (Å²) in [5.74, 6) is -0.583. The molecule has 0 aliphatic carbocycles. The maximum Gasteiger partial charge on any atom is 0.327 e. The maximum absolute atomic E-state index is 13.1. The van der Waals surface area contributed by atoms with Gasteiger partial charge in [-0.3, -0.25) is 19.8 Å². The Balaban J connectivity index is 1.98. The summed E-state index contributed by atoms with van der Waals surface area (Å²) in [7, 11) is 4.01. The lowest BCUT2D eigenvalue weighted by atomic mass is 10.1. The molecule has 9 nitrogen and oxygen atoms in total. The van der Waals surface area contributed by atoms with E-state index in [4.69, 9.17) is 14.2 Å². The van der Waals surface area contributed by atoms with Crippen molar-refractivity contribution in [2.75, 3.05) is 39.7 Å². The molecule has 0 bridgehead atoms. The van der Waals surface area contributed by atoms with Crippen LogP contribution in [0.4, 0.5) is 11.4 Å². The van der Waals surface area contributed by atoms with Crippen LogP contribution in [0.25, 0.3) is 0 Å². The fraction of sp³-hybridized carbons (Fsp3) is 0.381. The first-order valence-electron chi connectivity index (χ1n) is 9.59. The number of anilines is 1. The van der Waals surface area contributed by atoms with Gasteiger partial charge in [0.2, 0.25) is 11.5 Å². The second kappa shape index (κ2) is 9.45. The van der Waals surface area contributed by atoms with Crippen molar-refractivity contribution in [3.63, 3.8) is 0 Å². The lowest BCUT2D eigenvalue weighted by Gasteiger charge is -2.18. The Labute approximate surface area is 174 Å². The van der Waals surface area contributed by atoms with Crippen molar-refractivity contribution in [3.05, 3.63) is 51.6 Å². The van der Waals surface area contributed by atoms with Gasteiger partial charge in [0.05, 0.1) is 26.3 Å². The molecule has 0 radical (unpaired) electrons. The van der Waals surface area contributed by atoms with Crippen molar-refractivity contribution >= 4 is 17.3 Å². The third-order valence-electron chi connectivity index (χ3n) is 5.09. The van der Waals surface area contributed by atoms with Crippen molar-refractivity contribution < 1.29 is 23.9 Å². The molecule has 0 unspecified atom stereocenters. The van der Waals surface area contributed by atoms with Crippen molar-refractivity contribution in [1.29, 1.82) is 0 Å². The van der Waals surface area contributed by atoms with Crippen LogP contribution in [-0.4, -0.2) is 50.1 Å². The Kier molecular flexibility index (Phi) is 6.73. The summed E-state index contributed by atoms with van der Waals surface area (Å²) in [6, 6.07) is 8.73. The molecule has 1 saturated heterocycles. The van der Waals surface area contributed by atoms with Crippen LogP contribution in [-0.2, 0) is 6.54 Å². The number of likely N-dealkylation sites (tertiary alicyclic amines) is 1. The van der Waals surface area contributed by atoms with Crippen LogP contribution in [0.2, 0.25) is 0 Å². The zero-order valence-corrected chi connectivity index (χ0v) is 17.3. The van der Waals surface area contributed by atoms with Crippen LogP contribution >= 0.6 is 0 Å². The van der Waals surface area contributed by atoms with Gasteiger partial charge in [-0.25, -0.2) is 0 Å². The number of hydrogen-bond acceptors (Lipinski definition) is 7. The molecule has 9 heteroatoms.